The predicted molar refractivity (Wildman–Crippen MR) is 71.8 cm³/mol. The Hall–Kier alpha value is -2.43. The monoisotopic (exact) mass is 275 g/mol. The van der Waals surface area contributed by atoms with Crippen LogP contribution in [0.4, 0.5) is 4.39 Å². The molecule has 0 unspecified atom stereocenters. The summed E-state index contributed by atoms with van der Waals surface area (Å²) in [5, 5.41) is 9.05. The van der Waals surface area contributed by atoms with Crippen LogP contribution >= 0.6 is 0 Å². The van der Waals surface area contributed by atoms with Crippen LogP contribution in [0, 0.1) is 12.7 Å². The minimum absolute atomic E-state index is 0.117. The van der Waals surface area contributed by atoms with Crippen LogP contribution in [0.15, 0.2) is 30.3 Å². The Kier molecular flexibility index (Phi) is 3.98. The maximum Gasteiger partial charge on any atom is 0.335 e. The van der Waals surface area contributed by atoms with E-state index in [0.717, 1.165) is 0 Å². The highest BCUT2D eigenvalue weighted by Gasteiger charge is 2.10. The number of halogens is 1. The molecule has 1 aromatic heterocycles. The van der Waals surface area contributed by atoms with Gasteiger partial charge in [0.15, 0.2) is 0 Å². The quantitative estimate of drug-likeness (QED) is 0.926. The number of rotatable bonds is 4. The van der Waals surface area contributed by atoms with Crippen molar-refractivity contribution in [3.63, 3.8) is 0 Å². The normalized spacial score (nSPS) is 10.3. The molecule has 0 saturated heterocycles. The van der Waals surface area contributed by atoms with Crippen LogP contribution in [0.1, 0.15) is 28.5 Å². The van der Waals surface area contributed by atoms with E-state index in [9.17, 15) is 9.18 Å². The summed E-state index contributed by atoms with van der Waals surface area (Å²) in [4.78, 5) is 15.3. The highest BCUT2D eigenvalue weighted by atomic mass is 19.1. The van der Waals surface area contributed by atoms with Crippen LogP contribution < -0.4 is 4.74 Å². The molecule has 1 aromatic carbocycles. The summed E-state index contributed by atoms with van der Waals surface area (Å²) in [5.41, 5.74) is 1.36. The first-order chi connectivity index (χ1) is 9.49. The average Bonchev–Trinajstić information content (AvgIpc) is 2.41. The molecule has 1 N–H and O–H groups in total. The number of carbonyl (C=O) groups is 1. The zero-order chi connectivity index (χ0) is 14.7. The lowest BCUT2D eigenvalue weighted by Crippen LogP contribution is -2.01. The van der Waals surface area contributed by atoms with Gasteiger partial charge in [-0.25, -0.2) is 14.2 Å². The van der Waals surface area contributed by atoms with E-state index in [-0.39, 0.29) is 17.3 Å². The van der Waals surface area contributed by atoms with E-state index in [2.05, 4.69) is 4.98 Å². The zero-order valence-electron chi connectivity index (χ0n) is 11.2. The molecule has 0 aliphatic rings. The van der Waals surface area contributed by atoms with Gasteiger partial charge in [0.25, 0.3) is 0 Å². The summed E-state index contributed by atoms with van der Waals surface area (Å²) in [6.07, 6.45) is 0.597. The Morgan fingerprint density at radius 1 is 1.35 bits per heavy atom. The number of hydrogen-bond donors (Lipinski definition) is 1. The van der Waals surface area contributed by atoms with Crippen LogP contribution in [0.25, 0.3) is 0 Å². The van der Waals surface area contributed by atoms with Crippen LogP contribution in [0.3, 0.4) is 0 Å². The van der Waals surface area contributed by atoms with E-state index in [0.29, 0.717) is 23.4 Å². The molecule has 1 heterocycles. The predicted octanol–water partition coefficient (Wildman–Crippen LogP) is 3.58. The summed E-state index contributed by atoms with van der Waals surface area (Å²) in [6.45, 7) is 3.58. The molecule has 20 heavy (non-hydrogen) atoms. The summed E-state index contributed by atoms with van der Waals surface area (Å²) in [5.74, 6) is -0.751. The smallest absolute Gasteiger partial charge is 0.335 e. The summed E-state index contributed by atoms with van der Waals surface area (Å²) >= 11 is 0. The van der Waals surface area contributed by atoms with E-state index < -0.39 is 5.97 Å². The van der Waals surface area contributed by atoms with E-state index in [1.807, 2.05) is 6.92 Å². The lowest BCUT2D eigenvalue weighted by Gasteiger charge is -2.09. The SMILES string of the molecule is CCc1cc(C(=O)O)cc(Oc2ccc(F)cc2C)n1. The van der Waals surface area contributed by atoms with Crippen molar-refractivity contribution in [2.45, 2.75) is 20.3 Å². The molecule has 0 saturated carbocycles. The van der Waals surface area contributed by atoms with Gasteiger partial charge in [0.2, 0.25) is 5.88 Å². The Bertz CT molecular complexity index is 656. The lowest BCUT2D eigenvalue weighted by molar-refractivity contribution is 0.0696. The molecule has 5 heteroatoms. The van der Waals surface area contributed by atoms with Gasteiger partial charge in [-0.05, 0) is 43.2 Å². The number of hydrogen-bond acceptors (Lipinski definition) is 3. The van der Waals surface area contributed by atoms with Gasteiger partial charge < -0.3 is 9.84 Å². The number of aromatic nitrogens is 1. The van der Waals surface area contributed by atoms with Crippen LogP contribution in [-0.2, 0) is 6.42 Å². The van der Waals surface area contributed by atoms with E-state index >= 15 is 0 Å². The summed E-state index contributed by atoms with van der Waals surface area (Å²) < 4.78 is 18.6. The summed E-state index contributed by atoms with van der Waals surface area (Å²) in [7, 11) is 0. The van der Waals surface area contributed by atoms with E-state index in [1.54, 1.807) is 6.92 Å². The van der Waals surface area contributed by atoms with Gasteiger partial charge in [-0.3, -0.25) is 0 Å². The second kappa shape index (κ2) is 5.69. The highest BCUT2D eigenvalue weighted by Crippen LogP contribution is 2.25. The van der Waals surface area contributed by atoms with Crippen molar-refractivity contribution in [1.82, 2.24) is 4.98 Å². The van der Waals surface area contributed by atoms with Crippen molar-refractivity contribution in [3.05, 3.63) is 53.0 Å². The van der Waals surface area contributed by atoms with Crippen molar-refractivity contribution in [2.75, 3.05) is 0 Å². The molecule has 0 fully saturated rings. The Morgan fingerprint density at radius 3 is 2.70 bits per heavy atom. The standard InChI is InChI=1S/C15H14FNO3/c1-3-12-7-10(15(18)19)8-14(17-12)20-13-5-4-11(16)6-9(13)2/h4-8H,3H2,1-2H3,(H,18,19). The van der Waals surface area contributed by atoms with Crippen molar-refractivity contribution >= 4 is 5.97 Å². The molecule has 0 amide bonds. The Morgan fingerprint density at radius 2 is 2.10 bits per heavy atom. The van der Waals surface area contributed by atoms with Crippen molar-refractivity contribution in [3.8, 4) is 11.6 Å². The lowest BCUT2D eigenvalue weighted by atomic mass is 10.2. The number of benzene rings is 1. The summed E-state index contributed by atoms with van der Waals surface area (Å²) in [6, 6.07) is 6.98. The second-order valence-electron chi connectivity index (χ2n) is 4.36. The number of carboxylic acids is 1. The van der Waals surface area contributed by atoms with Gasteiger partial charge in [0.05, 0.1) is 5.56 Å². The minimum Gasteiger partial charge on any atom is -0.478 e. The van der Waals surface area contributed by atoms with E-state index in [1.165, 1.54) is 30.3 Å². The third-order valence-corrected chi connectivity index (χ3v) is 2.82. The van der Waals surface area contributed by atoms with Crippen molar-refractivity contribution in [2.24, 2.45) is 0 Å². The molecule has 0 radical (unpaired) electrons. The fourth-order valence-electron chi connectivity index (χ4n) is 1.76. The molecule has 4 nitrogen and oxygen atoms in total. The molecule has 0 spiro atoms. The maximum absolute atomic E-state index is 13.0. The molecule has 0 atom stereocenters. The first kappa shape index (κ1) is 14.0. The zero-order valence-corrected chi connectivity index (χ0v) is 11.2. The van der Waals surface area contributed by atoms with Gasteiger partial charge in [-0.2, -0.15) is 0 Å². The van der Waals surface area contributed by atoms with Crippen LogP contribution in [0.5, 0.6) is 11.6 Å². The average molecular weight is 275 g/mol. The highest BCUT2D eigenvalue weighted by molar-refractivity contribution is 5.88. The molecular formula is C15H14FNO3. The third kappa shape index (κ3) is 3.12. The number of aryl methyl sites for hydroxylation is 2. The molecule has 0 bridgehead atoms. The molecule has 2 rings (SSSR count). The number of carboxylic acid groups (broad SMARTS) is 1. The van der Waals surface area contributed by atoms with E-state index in [4.69, 9.17) is 9.84 Å². The van der Waals surface area contributed by atoms with Gasteiger partial charge >= 0.3 is 5.97 Å². The maximum atomic E-state index is 13.0. The minimum atomic E-state index is -1.04. The fourth-order valence-corrected chi connectivity index (χ4v) is 1.76. The number of pyridine rings is 1. The molecule has 0 aliphatic heterocycles. The Balaban J connectivity index is 2.37. The van der Waals surface area contributed by atoms with Crippen LogP contribution in [-0.4, -0.2) is 16.1 Å². The third-order valence-electron chi connectivity index (χ3n) is 2.82. The molecule has 0 aliphatic carbocycles. The van der Waals surface area contributed by atoms with Crippen molar-refractivity contribution in [1.29, 1.82) is 0 Å². The first-order valence-corrected chi connectivity index (χ1v) is 6.18. The number of nitrogens with zero attached hydrogens (tertiary/aromatic N) is 1. The molecule has 104 valence electrons. The number of aromatic carboxylic acids is 1. The second-order valence-corrected chi connectivity index (χ2v) is 4.36. The van der Waals surface area contributed by atoms with Crippen molar-refractivity contribution < 1.29 is 19.0 Å². The van der Waals surface area contributed by atoms with Crippen LogP contribution in [0.2, 0.25) is 0 Å². The molecular weight excluding hydrogens is 261 g/mol. The number of ether oxygens (including phenoxy) is 1. The largest absolute Gasteiger partial charge is 0.478 e. The topological polar surface area (TPSA) is 59.4 Å². The van der Waals surface area contributed by atoms with Gasteiger partial charge in [-0.1, -0.05) is 6.92 Å². The van der Waals surface area contributed by atoms with Gasteiger partial charge in [0.1, 0.15) is 11.6 Å². The molecule has 2 aromatic rings. The fraction of sp³-hybridized carbons (Fsp3) is 0.200. The Labute approximate surface area is 115 Å². The first-order valence-electron chi connectivity index (χ1n) is 6.18. The van der Waals surface area contributed by atoms with Gasteiger partial charge in [0, 0.05) is 11.8 Å². The van der Waals surface area contributed by atoms with Gasteiger partial charge in [-0.15, -0.1) is 0 Å².